The van der Waals surface area contributed by atoms with E-state index in [1.165, 1.54) is 12.1 Å². The van der Waals surface area contributed by atoms with Crippen molar-refractivity contribution in [3.05, 3.63) is 147 Å². The van der Waals surface area contributed by atoms with Gasteiger partial charge in [-0.05, 0) is 116 Å². The Labute approximate surface area is 408 Å². The molecule has 2 aliphatic carbocycles. The molecule has 4 aromatic rings. The Hall–Kier alpha value is -7.80. The molecule has 2 heterocycles. The summed E-state index contributed by atoms with van der Waals surface area (Å²) in [4.78, 5) is 39.4. The van der Waals surface area contributed by atoms with Crippen molar-refractivity contribution in [3.8, 4) is 44.9 Å². The molecule has 4 aliphatic rings. The summed E-state index contributed by atoms with van der Waals surface area (Å²) in [6.45, 7) is 25.7. The topological polar surface area (TPSA) is 162 Å². The maximum absolute atomic E-state index is 12.1. The number of nitro groups is 1. The largest absolute Gasteiger partial charge is 0.545 e. The highest BCUT2D eigenvalue weighted by Gasteiger charge is 2.24. The number of nitrogens with zero attached hydrogens (tertiary/aromatic N) is 5. The second-order valence-electron chi connectivity index (χ2n) is 17.0. The molecule has 0 unspecified atom stereocenters. The van der Waals surface area contributed by atoms with E-state index in [0.29, 0.717) is 39.0 Å². The third-order valence-electron chi connectivity index (χ3n) is 13.3. The van der Waals surface area contributed by atoms with Gasteiger partial charge in [-0.2, -0.15) is 0 Å². The lowest BCUT2D eigenvalue weighted by atomic mass is 9.89. The Morgan fingerprint density at radius 2 is 0.943 bits per heavy atom. The normalized spacial score (nSPS) is 11.2. The van der Waals surface area contributed by atoms with Crippen molar-refractivity contribution in [3.63, 3.8) is 0 Å². The van der Waals surface area contributed by atoms with Crippen LogP contribution in [-0.2, 0) is 0 Å². The fraction of sp³-hybridized carbons (Fsp3) is 0.298. The lowest BCUT2D eigenvalue weighted by Crippen LogP contribution is -2.29. The molecular weight excluding hydrogens is 883 g/mol. The van der Waals surface area contributed by atoms with E-state index in [4.69, 9.17) is 8.83 Å². The van der Waals surface area contributed by atoms with E-state index >= 15 is 0 Å². The molecule has 0 aromatic heterocycles. The molecule has 4 aromatic carbocycles. The molecular formula is C57H61N5O8. The van der Waals surface area contributed by atoms with Gasteiger partial charge in [-0.15, -0.1) is 0 Å². The number of fused-ring (bicyclic) bond motifs is 4. The predicted molar refractivity (Wildman–Crippen MR) is 276 cm³/mol. The van der Waals surface area contributed by atoms with Gasteiger partial charge in [-0.3, -0.25) is 10.1 Å². The average molecular weight is 944 g/mol. The lowest BCUT2D eigenvalue weighted by Gasteiger charge is -2.23. The van der Waals surface area contributed by atoms with Gasteiger partial charge in [0.1, 0.15) is 48.9 Å². The fourth-order valence-corrected chi connectivity index (χ4v) is 9.53. The third-order valence-corrected chi connectivity index (χ3v) is 13.3. The van der Waals surface area contributed by atoms with Crippen LogP contribution in [0.4, 0.5) is 17.1 Å². The Kier molecular flexibility index (Phi) is 15.5. The summed E-state index contributed by atoms with van der Waals surface area (Å²) in [7, 11) is 0. The van der Waals surface area contributed by atoms with Gasteiger partial charge >= 0.3 is 0 Å². The maximum atomic E-state index is 12.1. The summed E-state index contributed by atoms with van der Waals surface area (Å²) < 4.78 is 17.4. The molecule has 0 spiro atoms. The standard InChI is InChI=1S/C29H32N2O3.C28H29N3O5/c1-6-30(7-2)20-11-14-23-26(17-20)34-27-18-21(31(8-3)9-4)12-15-24(27)28(23)25-16-19(5)10-13-22(25)29(32)33;1-5-29(6-2)18-9-13-22-25(16-18)36-26-17-19(30(7-3)8-4)10-14-23(26)27(22)21-12-11-20(31(34)35)15-24(21)28(32)33/h10-18H,6-9H2,1-5H3;9-17H,5-8H2,1-4H3. The van der Waals surface area contributed by atoms with E-state index < -0.39 is 16.9 Å². The number of non-ortho nitro benzene ring substituents is 1. The molecule has 0 radical (unpaired) electrons. The first kappa shape index (κ1) is 50.1. The van der Waals surface area contributed by atoms with Gasteiger partial charge in [-0.25, -0.2) is 9.15 Å². The van der Waals surface area contributed by atoms with Crippen LogP contribution in [0.15, 0.2) is 118 Å². The molecule has 0 atom stereocenters. The van der Waals surface area contributed by atoms with Gasteiger partial charge in [0.15, 0.2) is 0 Å². The number of rotatable bonds is 15. The van der Waals surface area contributed by atoms with Crippen LogP contribution >= 0.6 is 0 Å². The van der Waals surface area contributed by atoms with Crippen molar-refractivity contribution in [1.82, 2.24) is 9.15 Å². The summed E-state index contributed by atoms with van der Waals surface area (Å²) in [6.07, 6.45) is 0. The summed E-state index contributed by atoms with van der Waals surface area (Å²) in [5, 5.41) is 39.2. The average Bonchev–Trinajstić information content (AvgIpc) is 3.36. The van der Waals surface area contributed by atoms with Crippen LogP contribution in [0.25, 0.3) is 66.8 Å². The predicted octanol–water partition coefficient (Wildman–Crippen LogP) is 8.67. The van der Waals surface area contributed by atoms with Gasteiger partial charge < -0.3 is 38.4 Å². The number of carbonyl (C=O) groups is 2. The molecule has 362 valence electrons. The summed E-state index contributed by atoms with van der Waals surface area (Å²) >= 11 is 0. The zero-order chi connectivity index (χ0) is 50.4. The highest BCUT2D eigenvalue weighted by Crippen LogP contribution is 2.44. The second-order valence-corrected chi connectivity index (χ2v) is 17.0. The molecule has 70 heavy (non-hydrogen) atoms. The molecule has 0 bridgehead atoms. The van der Waals surface area contributed by atoms with Crippen molar-refractivity contribution in [1.29, 1.82) is 0 Å². The summed E-state index contributed by atoms with van der Waals surface area (Å²) in [5.41, 5.74) is 8.11. The lowest BCUT2D eigenvalue weighted by molar-refractivity contribution is -0.385. The molecule has 13 nitrogen and oxygen atoms in total. The molecule has 8 rings (SSSR count). The molecule has 0 amide bonds. The van der Waals surface area contributed by atoms with Gasteiger partial charge in [0, 0.05) is 118 Å². The quantitative estimate of drug-likeness (QED) is 0.0421. The molecule has 13 heteroatoms. The number of hydrogen-bond donors (Lipinski definition) is 0. The van der Waals surface area contributed by atoms with Crippen molar-refractivity contribution in [2.45, 2.75) is 62.3 Å². The fourth-order valence-electron chi connectivity index (χ4n) is 9.53. The molecule has 0 saturated heterocycles. The van der Waals surface area contributed by atoms with E-state index in [1.807, 2.05) is 67.6 Å². The van der Waals surface area contributed by atoms with Gasteiger partial charge in [0.2, 0.25) is 10.7 Å². The third kappa shape index (κ3) is 9.87. The van der Waals surface area contributed by atoms with Crippen LogP contribution in [0, 0.1) is 17.0 Å². The van der Waals surface area contributed by atoms with Crippen molar-refractivity contribution in [2.24, 2.45) is 0 Å². The van der Waals surface area contributed by atoms with E-state index in [2.05, 4.69) is 98.6 Å². The number of aromatic carboxylic acids is 2. The first-order valence-corrected chi connectivity index (χ1v) is 24.2. The Bertz CT molecular complexity index is 3330. The number of anilines is 2. The van der Waals surface area contributed by atoms with Crippen LogP contribution in [-0.4, -0.2) is 69.2 Å². The number of aryl methyl sites for hydroxylation is 1. The van der Waals surface area contributed by atoms with Crippen LogP contribution in [0.1, 0.15) is 81.7 Å². The summed E-state index contributed by atoms with van der Waals surface area (Å²) in [6, 6.07) is 33.3. The monoisotopic (exact) mass is 943 g/mol. The van der Waals surface area contributed by atoms with Gasteiger partial charge in [0.25, 0.3) is 5.69 Å². The molecule has 2 aliphatic heterocycles. The Balaban J connectivity index is 0.000000207. The first-order valence-electron chi connectivity index (χ1n) is 24.2. The van der Waals surface area contributed by atoms with Gasteiger partial charge in [0.05, 0.1) is 29.0 Å². The minimum Gasteiger partial charge on any atom is -0.545 e. The Morgan fingerprint density at radius 3 is 1.36 bits per heavy atom. The number of carbonyl (C=O) groups excluding carboxylic acids is 2. The van der Waals surface area contributed by atoms with E-state index in [1.54, 1.807) is 6.07 Å². The smallest absolute Gasteiger partial charge is 0.270 e. The Morgan fingerprint density at radius 1 is 0.500 bits per heavy atom. The minimum atomic E-state index is -1.48. The highest BCUT2D eigenvalue weighted by molar-refractivity contribution is 6.09. The van der Waals surface area contributed by atoms with Crippen LogP contribution in [0.2, 0.25) is 0 Å². The second kappa shape index (κ2) is 21.7. The zero-order valence-corrected chi connectivity index (χ0v) is 41.6. The highest BCUT2D eigenvalue weighted by atomic mass is 16.6. The van der Waals surface area contributed by atoms with Crippen LogP contribution < -0.4 is 39.9 Å². The number of carboxylic acid groups (broad SMARTS) is 2. The van der Waals surface area contributed by atoms with E-state index in [-0.39, 0.29) is 16.8 Å². The molecule has 0 saturated carbocycles. The number of hydrogen-bond acceptors (Lipinski definition) is 10. The first-order chi connectivity index (χ1) is 33.7. The van der Waals surface area contributed by atoms with Crippen molar-refractivity contribution >= 4 is 50.9 Å². The maximum Gasteiger partial charge on any atom is 0.270 e. The summed E-state index contributed by atoms with van der Waals surface area (Å²) in [5.74, 6) is -1.33. The van der Waals surface area contributed by atoms with Crippen LogP contribution in [0.3, 0.4) is 0 Å². The van der Waals surface area contributed by atoms with Crippen LogP contribution in [0.5, 0.6) is 0 Å². The minimum absolute atomic E-state index is 0.181. The van der Waals surface area contributed by atoms with Gasteiger partial charge in [-0.1, -0.05) is 23.8 Å². The molecule has 0 N–H and O–H groups in total. The van der Waals surface area contributed by atoms with E-state index in [9.17, 15) is 29.9 Å². The zero-order valence-electron chi connectivity index (χ0n) is 41.6. The SMILES string of the molecule is CCN(CC)c1ccc2c(-c3cc(C)ccc3C(=O)[O-])c3ccc(=[N+](CC)CC)cc-3oc2c1.CCN(CC)c1ccc2c(-c3ccc([N+](=O)[O-])cc3C(=O)[O-])c3ccc(=[N+](CC)CC)cc-3oc2c1. The number of carboxylic acids is 2. The number of benzene rings is 6. The molecule has 0 fully saturated rings. The van der Waals surface area contributed by atoms with E-state index in [0.717, 1.165) is 114 Å². The number of nitro benzene ring substituents is 1. The van der Waals surface area contributed by atoms with Crippen molar-refractivity contribution < 1.29 is 33.6 Å². The van der Waals surface area contributed by atoms with Crippen molar-refractivity contribution in [2.75, 3.05) is 62.2 Å².